The Kier molecular flexibility index (Phi) is 3.05. The smallest absolute Gasteiger partial charge is 0.0867 e. The van der Waals surface area contributed by atoms with E-state index in [2.05, 4.69) is 24.2 Å². The fourth-order valence-corrected chi connectivity index (χ4v) is 2.38. The highest BCUT2D eigenvalue weighted by molar-refractivity contribution is 5.54. The number of aromatic nitrogens is 2. The number of hydrogen-bond acceptors (Lipinski definition) is 2. The fourth-order valence-electron chi connectivity index (χ4n) is 2.38. The van der Waals surface area contributed by atoms with Crippen molar-refractivity contribution < 1.29 is 5.11 Å². The highest BCUT2D eigenvalue weighted by Gasteiger charge is 2.13. The van der Waals surface area contributed by atoms with Gasteiger partial charge in [-0.05, 0) is 24.6 Å². The summed E-state index contributed by atoms with van der Waals surface area (Å²) >= 11 is 0. The van der Waals surface area contributed by atoms with E-state index in [0.717, 1.165) is 16.6 Å². The Hall–Kier alpha value is -2.13. The molecule has 1 unspecified atom stereocenters. The van der Waals surface area contributed by atoms with Gasteiger partial charge in [-0.3, -0.25) is 0 Å². The van der Waals surface area contributed by atoms with E-state index >= 15 is 0 Å². The van der Waals surface area contributed by atoms with E-state index in [9.17, 15) is 5.11 Å². The Morgan fingerprint density at radius 1 is 1.21 bits per heavy atom. The summed E-state index contributed by atoms with van der Waals surface area (Å²) in [5.41, 5.74) is 4.19. The van der Waals surface area contributed by atoms with Crippen LogP contribution in [0.1, 0.15) is 22.8 Å². The van der Waals surface area contributed by atoms with Crippen LogP contribution in [0.15, 0.2) is 54.9 Å². The molecule has 19 heavy (non-hydrogen) atoms. The third-order valence-electron chi connectivity index (χ3n) is 3.33. The minimum Gasteiger partial charge on any atom is -0.388 e. The van der Waals surface area contributed by atoms with Crippen LogP contribution in [0.2, 0.25) is 0 Å². The summed E-state index contributed by atoms with van der Waals surface area (Å²) in [6.45, 7) is 2.06. The third kappa shape index (κ3) is 2.37. The quantitative estimate of drug-likeness (QED) is 0.778. The van der Waals surface area contributed by atoms with Crippen LogP contribution in [0.5, 0.6) is 0 Å². The molecule has 0 spiro atoms. The molecule has 1 N–H and O–H groups in total. The van der Waals surface area contributed by atoms with Crippen molar-refractivity contribution in [2.24, 2.45) is 0 Å². The van der Waals surface area contributed by atoms with Gasteiger partial charge in [-0.1, -0.05) is 35.9 Å². The van der Waals surface area contributed by atoms with Gasteiger partial charge >= 0.3 is 0 Å². The van der Waals surface area contributed by atoms with Crippen LogP contribution >= 0.6 is 0 Å². The first kappa shape index (κ1) is 11.9. The van der Waals surface area contributed by atoms with E-state index in [1.165, 1.54) is 5.56 Å². The Morgan fingerprint density at radius 2 is 2.11 bits per heavy atom. The number of benzene rings is 1. The van der Waals surface area contributed by atoms with Crippen LogP contribution in [0.3, 0.4) is 0 Å². The van der Waals surface area contributed by atoms with Crippen LogP contribution in [-0.2, 0) is 6.42 Å². The molecule has 0 saturated heterocycles. The minimum atomic E-state index is -0.526. The number of aliphatic hydroxyl groups excluding tert-OH is 1. The summed E-state index contributed by atoms with van der Waals surface area (Å²) in [4.78, 5) is 0. The molecule has 3 rings (SSSR count). The lowest BCUT2D eigenvalue weighted by Crippen LogP contribution is -2.01. The number of nitrogens with zero attached hydrogens (tertiary/aromatic N) is 2. The lowest BCUT2D eigenvalue weighted by atomic mass is 10.0. The van der Waals surface area contributed by atoms with Crippen LogP contribution in [0.25, 0.3) is 5.52 Å². The maximum Gasteiger partial charge on any atom is 0.0867 e. The topological polar surface area (TPSA) is 37.5 Å². The molecule has 0 amide bonds. The van der Waals surface area contributed by atoms with Gasteiger partial charge in [-0.25, -0.2) is 4.52 Å². The zero-order valence-electron chi connectivity index (χ0n) is 10.8. The monoisotopic (exact) mass is 252 g/mol. The summed E-state index contributed by atoms with van der Waals surface area (Å²) in [5, 5.41) is 14.7. The molecule has 0 fully saturated rings. The minimum absolute atomic E-state index is 0.526. The van der Waals surface area contributed by atoms with Gasteiger partial charge in [0.25, 0.3) is 0 Å². The molecule has 1 atom stereocenters. The Labute approximate surface area is 112 Å². The van der Waals surface area contributed by atoms with Gasteiger partial charge in [0.05, 0.1) is 17.8 Å². The highest BCUT2D eigenvalue weighted by atomic mass is 16.3. The summed E-state index contributed by atoms with van der Waals surface area (Å²) in [5.74, 6) is 0. The summed E-state index contributed by atoms with van der Waals surface area (Å²) in [6.07, 6.45) is 3.72. The molecule has 2 heterocycles. The lowest BCUT2D eigenvalue weighted by Gasteiger charge is -2.10. The second kappa shape index (κ2) is 4.86. The van der Waals surface area contributed by atoms with Crippen molar-refractivity contribution in [1.82, 2.24) is 9.61 Å². The molecule has 0 radical (unpaired) electrons. The third-order valence-corrected chi connectivity index (χ3v) is 3.33. The van der Waals surface area contributed by atoms with Gasteiger partial charge in [-0.15, -0.1) is 0 Å². The molecule has 0 aliphatic carbocycles. The first-order valence-electron chi connectivity index (χ1n) is 6.40. The van der Waals surface area contributed by atoms with Crippen molar-refractivity contribution in [3.05, 3.63) is 71.5 Å². The molecule has 3 heteroatoms. The van der Waals surface area contributed by atoms with Crippen molar-refractivity contribution in [3.8, 4) is 0 Å². The van der Waals surface area contributed by atoms with Crippen LogP contribution in [0.4, 0.5) is 0 Å². The van der Waals surface area contributed by atoms with Crippen LogP contribution < -0.4 is 0 Å². The Morgan fingerprint density at radius 3 is 2.95 bits per heavy atom. The number of aliphatic hydroxyl groups is 1. The van der Waals surface area contributed by atoms with E-state index < -0.39 is 6.10 Å². The molecule has 0 bridgehead atoms. The van der Waals surface area contributed by atoms with Gasteiger partial charge in [0.2, 0.25) is 0 Å². The molecular formula is C16H16N2O. The summed E-state index contributed by atoms with van der Waals surface area (Å²) < 4.78 is 1.79. The second-order valence-electron chi connectivity index (χ2n) is 4.84. The van der Waals surface area contributed by atoms with Crippen molar-refractivity contribution in [3.63, 3.8) is 0 Å². The molecule has 0 aliphatic heterocycles. The van der Waals surface area contributed by atoms with Crippen LogP contribution in [0, 0.1) is 6.92 Å². The molecule has 0 aliphatic rings. The highest BCUT2D eigenvalue weighted by Crippen LogP contribution is 2.22. The lowest BCUT2D eigenvalue weighted by molar-refractivity contribution is 0.180. The molecule has 1 aromatic carbocycles. The number of fused-ring (bicyclic) bond motifs is 1. The van der Waals surface area contributed by atoms with Gasteiger partial charge in [0.15, 0.2) is 0 Å². The van der Waals surface area contributed by atoms with Crippen molar-refractivity contribution in [1.29, 1.82) is 0 Å². The SMILES string of the molecule is Cc1cccc(CC(O)c2cnn3ccccc23)c1. The van der Waals surface area contributed by atoms with E-state index in [4.69, 9.17) is 0 Å². The number of aryl methyl sites for hydroxylation is 1. The number of hydrogen-bond donors (Lipinski definition) is 1. The average molecular weight is 252 g/mol. The predicted molar refractivity (Wildman–Crippen MR) is 75.0 cm³/mol. The maximum absolute atomic E-state index is 10.4. The van der Waals surface area contributed by atoms with Gasteiger partial charge < -0.3 is 5.11 Å². The zero-order valence-corrected chi connectivity index (χ0v) is 10.8. The fraction of sp³-hybridized carbons (Fsp3) is 0.188. The van der Waals surface area contributed by atoms with E-state index in [0.29, 0.717) is 6.42 Å². The molecule has 0 saturated carbocycles. The normalized spacial score (nSPS) is 12.7. The first-order chi connectivity index (χ1) is 9.24. The summed E-state index contributed by atoms with van der Waals surface area (Å²) in [7, 11) is 0. The summed E-state index contributed by atoms with van der Waals surface area (Å²) in [6, 6.07) is 14.1. The van der Waals surface area contributed by atoms with E-state index in [1.807, 2.05) is 36.5 Å². The average Bonchev–Trinajstić information content (AvgIpc) is 2.82. The number of pyridine rings is 1. The zero-order chi connectivity index (χ0) is 13.2. The molecule has 96 valence electrons. The van der Waals surface area contributed by atoms with Gasteiger partial charge in [0.1, 0.15) is 0 Å². The molecule has 3 aromatic rings. The van der Waals surface area contributed by atoms with Crippen molar-refractivity contribution in [2.75, 3.05) is 0 Å². The maximum atomic E-state index is 10.4. The first-order valence-corrected chi connectivity index (χ1v) is 6.40. The Bertz CT molecular complexity index is 703. The molecular weight excluding hydrogens is 236 g/mol. The van der Waals surface area contributed by atoms with Crippen molar-refractivity contribution in [2.45, 2.75) is 19.4 Å². The van der Waals surface area contributed by atoms with E-state index in [-0.39, 0.29) is 0 Å². The van der Waals surface area contributed by atoms with Gasteiger partial charge in [0, 0.05) is 18.2 Å². The van der Waals surface area contributed by atoms with E-state index in [1.54, 1.807) is 10.7 Å². The standard InChI is InChI=1S/C16H16N2O/c1-12-5-4-6-13(9-12)10-16(19)14-11-17-18-8-3-2-7-15(14)18/h2-9,11,16,19H,10H2,1H3. The predicted octanol–water partition coefficient (Wildman–Crippen LogP) is 2.92. The van der Waals surface area contributed by atoms with Gasteiger partial charge in [-0.2, -0.15) is 5.10 Å². The largest absolute Gasteiger partial charge is 0.388 e. The molecule has 2 aromatic heterocycles. The molecule has 3 nitrogen and oxygen atoms in total. The van der Waals surface area contributed by atoms with Crippen LogP contribution in [-0.4, -0.2) is 14.7 Å². The Balaban J connectivity index is 1.90. The van der Waals surface area contributed by atoms with Crippen molar-refractivity contribution >= 4 is 5.52 Å². The second-order valence-corrected chi connectivity index (χ2v) is 4.84. The number of rotatable bonds is 3.